The highest BCUT2D eigenvalue weighted by molar-refractivity contribution is 6.33. The van der Waals surface area contributed by atoms with E-state index in [1.165, 1.54) is 13.3 Å². The Hall–Kier alpha value is -3.28. The summed E-state index contributed by atoms with van der Waals surface area (Å²) in [4.78, 5) is 36.5. The highest BCUT2D eigenvalue weighted by Crippen LogP contribution is 2.38. The lowest BCUT2D eigenvalue weighted by molar-refractivity contribution is -0.153. The van der Waals surface area contributed by atoms with Crippen LogP contribution >= 0.6 is 11.6 Å². The van der Waals surface area contributed by atoms with Crippen molar-refractivity contribution in [3.8, 4) is 0 Å². The molecule has 0 aliphatic carbocycles. The van der Waals surface area contributed by atoms with Gasteiger partial charge in [0, 0.05) is 19.4 Å². The van der Waals surface area contributed by atoms with Gasteiger partial charge in [0.15, 0.2) is 23.1 Å². The summed E-state index contributed by atoms with van der Waals surface area (Å²) in [6.45, 7) is 1.32. The molecule has 2 aromatic heterocycles. The van der Waals surface area contributed by atoms with E-state index in [-0.39, 0.29) is 24.3 Å². The minimum absolute atomic E-state index is 0.0463. The Labute approximate surface area is 187 Å². The predicted molar refractivity (Wildman–Crippen MR) is 113 cm³/mol. The summed E-state index contributed by atoms with van der Waals surface area (Å²) in [5.41, 5.74) is 12.7. The van der Waals surface area contributed by atoms with Gasteiger partial charge in [-0.1, -0.05) is 29.8 Å². The van der Waals surface area contributed by atoms with Crippen LogP contribution in [0.25, 0.3) is 11.2 Å². The fourth-order valence-electron chi connectivity index (χ4n) is 3.69. The zero-order valence-corrected chi connectivity index (χ0v) is 17.8. The normalized spacial score (nSPS) is 22.7. The topological polar surface area (TPSA) is 157 Å². The van der Waals surface area contributed by atoms with Crippen molar-refractivity contribution in [2.75, 3.05) is 18.9 Å². The standard InChI is InChI=1S/C20H21ClN6O5/c1-10(28)31-15-12(7-22)13(8-30-19(29)11-5-3-2-4-6-11)32-18(15)27-9-24-14-16(21)25-20(23)26-17(14)27/h2-6,9,12-13,15,18H,7-8,22H2,1H3,(H2,23,25,26)/t12-,13-,15-,18-/m1/s1. The molecule has 4 N–H and O–H groups in total. The molecule has 1 aliphatic heterocycles. The second-order valence-corrected chi connectivity index (χ2v) is 7.56. The van der Waals surface area contributed by atoms with Gasteiger partial charge in [-0.15, -0.1) is 0 Å². The number of fused-ring (bicyclic) bond motifs is 1. The maximum atomic E-state index is 12.4. The van der Waals surface area contributed by atoms with Crippen LogP contribution in [0.5, 0.6) is 0 Å². The number of hydrogen-bond acceptors (Lipinski definition) is 10. The Kier molecular flexibility index (Phi) is 6.21. The Morgan fingerprint density at radius 3 is 2.69 bits per heavy atom. The monoisotopic (exact) mass is 460 g/mol. The van der Waals surface area contributed by atoms with Gasteiger partial charge >= 0.3 is 11.9 Å². The minimum atomic E-state index is -0.844. The van der Waals surface area contributed by atoms with Crippen LogP contribution in [0.1, 0.15) is 23.5 Å². The van der Waals surface area contributed by atoms with Crippen molar-refractivity contribution in [2.45, 2.75) is 25.4 Å². The van der Waals surface area contributed by atoms with Crippen molar-refractivity contribution < 1.29 is 23.8 Å². The van der Waals surface area contributed by atoms with Crippen LogP contribution in [0.3, 0.4) is 0 Å². The number of benzene rings is 1. The first kappa shape index (κ1) is 21.9. The summed E-state index contributed by atoms with van der Waals surface area (Å²) in [7, 11) is 0. The van der Waals surface area contributed by atoms with Gasteiger partial charge in [0.1, 0.15) is 18.2 Å². The molecule has 11 nitrogen and oxygen atoms in total. The molecule has 3 heterocycles. The number of carbonyl (C=O) groups excluding carboxylic acids is 2. The van der Waals surface area contributed by atoms with Crippen molar-refractivity contribution in [3.05, 3.63) is 47.4 Å². The number of ether oxygens (including phenoxy) is 3. The Morgan fingerprint density at radius 2 is 2.00 bits per heavy atom. The average Bonchev–Trinajstić information content (AvgIpc) is 3.33. The maximum Gasteiger partial charge on any atom is 0.338 e. The first-order valence-electron chi connectivity index (χ1n) is 9.79. The number of carbonyl (C=O) groups is 2. The largest absolute Gasteiger partial charge is 0.459 e. The van der Waals surface area contributed by atoms with Gasteiger partial charge < -0.3 is 25.7 Å². The van der Waals surface area contributed by atoms with Crippen LogP contribution in [0.15, 0.2) is 36.7 Å². The van der Waals surface area contributed by atoms with Crippen LogP contribution < -0.4 is 11.5 Å². The summed E-state index contributed by atoms with van der Waals surface area (Å²) in [5, 5.41) is 0.0806. The van der Waals surface area contributed by atoms with E-state index in [0.717, 1.165) is 0 Å². The number of aromatic nitrogens is 4. The quantitative estimate of drug-likeness (QED) is 0.406. The van der Waals surface area contributed by atoms with Gasteiger partial charge in [0.05, 0.1) is 11.9 Å². The second kappa shape index (κ2) is 9.07. The van der Waals surface area contributed by atoms with Crippen LogP contribution in [0.4, 0.5) is 5.95 Å². The molecule has 32 heavy (non-hydrogen) atoms. The Balaban J connectivity index is 1.62. The van der Waals surface area contributed by atoms with Gasteiger partial charge in [-0.3, -0.25) is 9.36 Å². The third-order valence-corrected chi connectivity index (χ3v) is 5.39. The average molecular weight is 461 g/mol. The summed E-state index contributed by atoms with van der Waals surface area (Å²) in [5.74, 6) is -1.52. The van der Waals surface area contributed by atoms with E-state index in [2.05, 4.69) is 15.0 Å². The lowest BCUT2D eigenvalue weighted by Gasteiger charge is -2.23. The Morgan fingerprint density at radius 1 is 1.25 bits per heavy atom. The molecule has 1 aliphatic rings. The fourth-order valence-corrected chi connectivity index (χ4v) is 3.91. The molecular formula is C20H21ClN6O5. The highest BCUT2D eigenvalue weighted by atomic mass is 35.5. The summed E-state index contributed by atoms with van der Waals surface area (Å²) < 4.78 is 18.7. The number of imidazole rings is 1. The zero-order valence-electron chi connectivity index (χ0n) is 17.1. The number of halogens is 1. The Bertz CT molecular complexity index is 1140. The number of esters is 2. The van der Waals surface area contributed by atoms with Crippen LogP contribution in [0.2, 0.25) is 5.15 Å². The summed E-state index contributed by atoms with van der Waals surface area (Å²) in [6, 6.07) is 8.57. The van der Waals surface area contributed by atoms with E-state index in [1.807, 2.05) is 0 Å². The number of nitrogens with two attached hydrogens (primary N) is 2. The number of rotatable bonds is 6. The van der Waals surface area contributed by atoms with Crippen molar-refractivity contribution in [1.82, 2.24) is 19.5 Å². The molecular weight excluding hydrogens is 440 g/mol. The summed E-state index contributed by atoms with van der Waals surface area (Å²) >= 11 is 6.12. The molecule has 12 heteroatoms. The van der Waals surface area contributed by atoms with Crippen molar-refractivity contribution in [1.29, 1.82) is 0 Å². The molecule has 0 radical (unpaired) electrons. The summed E-state index contributed by atoms with van der Waals surface area (Å²) in [6.07, 6.45) is -0.833. The van der Waals surface area contributed by atoms with Gasteiger partial charge in [-0.05, 0) is 12.1 Å². The molecule has 1 saturated heterocycles. The van der Waals surface area contributed by atoms with Crippen LogP contribution in [0, 0.1) is 5.92 Å². The predicted octanol–water partition coefficient (Wildman–Crippen LogP) is 1.32. The molecule has 4 atom stereocenters. The first-order chi connectivity index (χ1) is 15.4. The molecule has 0 amide bonds. The van der Waals surface area contributed by atoms with Crippen LogP contribution in [-0.4, -0.2) is 56.8 Å². The smallest absolute Gasteiger partial charge is 0.338 e. The van der Waals surface area contributed by atoms with E-state index in [1.54, 1.807) is 34.9 Å². The molecule has 168 valence electrons. The second-order valence-electron chi connectivity index (χ2n) is 7.20. The van der Waals surface area contributed by atoms with E-state index in [9.17, 15) is 9.59 Å². The fraction of sp³-hybridized carbons (Fsp3) is 0.350. The van der Waals surface area contributed by atoms with Crippen molar-refractivity contribution in [3.63, 3.8) is 0 Å². The van der Waals surface area contributed by atoms with Gasteiger partial charge in [0.2, 0.25) is 5.95 Å². The van der Waals surface area contributed by atoms with Crippen LogP contribution in [-0.2, 0) is 19.0 Å². The number of nitrogen functional groups attached to an aromatic ring is 1. The van der Waals surface area contributed by atoms with E-state index in [4.69, 9.17) is 37.3 Å². The van der Waals surface area contributed by atoms with E-state index < -0.39 is 36.3 Å². The maximum absolute atomic E-state index is 12.4. The molecule has 0 unspecified atom stereocenters. The molecule has 4 rings (SSSR count). The minimum Gasteiger partial charge on any atom is -0.459 e. The first-order valence-corrected chi connectivity index (χ1v) is 10.2. The molecule has 3 aromatic rings. The molecule has 1 fully saturated rings. The SMILES string of the molecule is CC(=O)O[C@@H]1[C@H](CN)[C@@H](COC(=O)c2ccccc2)O[C@H]1n1cnc2c(Cl)nc(N)nc21. The number of anilines is 1. The molecule has 0 spiro atoms. The number of hydrogen-bond donors (Lipinski definition) is 2. The van der Waals surface area contributed by atoms with Gasteiger partial charge in [-0.25, -0.2) is 9.78 Å². The van der Waals surface area contributed by atoms with E-state index in [0.29, 0.717) is 16.7 Å². The van der Waals surface area contributed by atoms with E-state index >= 15 is 0 Å². The number of nitrogens with zero attached hydrogens (tertiary/aromatic N) is 4. The zero-order chi connectivity index (χ0) is 22.8. The van der Waals surface area contributed by atoms with Gasteiger partial charge in [-0.2, -0.15) is 9.97 Å². The van der Waals surface area contributed by atoms with Crippen molar-refractivity contribution in [2.24, 2.45) is 11.7 Å². The highest BCUT2D eigenvalue weighted by Gasteiger charge is 2.48. The third-order valence-electron chi connectivity index (χ3n) is 5.13. The van der Waals surface area contributed by atoms with Gasteiger partial charge in [0.25, 0.3) is 0 Å². The van der Waals surface area contributed by atoms with Crippen molar-refractivity contribution >= 4 is 40.7 Å². The molecule has 1 aromatic carbocycles. The lowest BCUT2D eigenvalue weighted by atomic mass is 9.98. The molecule has 0 saturated carbocycles. The lowest BCUT2D eigenvalue weighted by Crippen LogP contribution is -2.37. The third kappa shape index (κ3) is 4.22. The molecule has 0 bridgehead atoms.